The fraction of sp³-hybridized carbons (Fsp3) is 0.412. The lowest BCUT2D eigenvalue weighted by Crippen LogP contribution is -2.54. The first kappa shape index (κ1) is 15.7. The van der Waals surface area contributed by atoms with E-state index < -0.39 is 0 Å². The second-order valence-corrected chi connectivity index (χ2v) is 6.71. The monoisotopic (exact) mass is 316 g/mol. The van der Waals surface area contributed by atoms with Crippen molar-refractivity contribution >= 4 is 5.91 Å². The van der Waals surface area contributed by atoms with Crippen LogP contribution in [0.3, 0.4) is 0 Å². The standard InChI is InChI=1S/C17H21FN4O/c1-17(2)11-21(9-8-15(17)19)16(23)13-7-10-22(20-13)14-6-4-3-5-12(14)18/h3-7,10,15H,8-9,11,19H2,1-2H3. The SMILES string of the molecule is CC1(C)CN(C(=O)c2ccn(-c3ccccc3F)n2)CCC1N. The van der Waals surface area contributed by atoms with Crippen LogP contribution in [-0.2, 0) is 0 Å². The van der Waals surface area contributed by atoms with Crippen molar-refractivity contribution in [3.8, 4) is 5.69 Å². The molecule has 0 bridgehead atoms. The van der Waals surface area contributed by atoms with Gasteiger partial charge in [-0.3, -0.25) is 4.79 Å². The van der Waals surface area contributed by atoms with Crippen molar-refractivity contribution in [3.63, 3.8) is 0 Å². The molecule has 1 aliphatic heterocycles. The smallest absolute Gasteiger partial charge is 0.274 e. The first-order valence-electron chi connectivity index (χ1n) is 7.74. The van der Waals surface area contributed by atoms with Gasteiger partial charge in [0.15, 0.2) is 5.69 Å². The molecule has 23 heavy (non-hydrogen) atoms. The summed E-state index contributed by atoms with van der Waals surface area (Å²) in [4.78, 5) is 14.4. The Kier molecular flexibility index (Phi) is 3.93. The number of nitrogens with two attached hydrogens (primary N) is 1. The van der Waals surface area contributed by atoms with Crippen molar-refractivity contribution in [2.75, 3.05) is 13.1 Å². The van der Waals surface area contributed by atoms with Gasteiger partial charge in [0.1, 0.15) is 11.5 Å². The minimum Gasteiger partial charge on any atom is -0.337 e. The van der Waals surface area contributed by atoms with Gasteiger partial charge in [0, 0.05) is 25.3 Å². The summed E-state index contributed by atoms with van der Waals surface area (Å²) < 4.78 is 15.2. The van der Waals surface area contributed by atoms with E-state index in [1.54, 1.807) is 35.4 Å². The van der Waals surface area contributed by atoms with E-state index in [-0.39, 0.29) is 23.2 Å². The van der Waals surface area contributed by atoms with Gasteiger partial charge in [-0.2, -0.15) is 5.10 Å². The lowest BCUT2D eigenvalue weighted by molar-refractivity contribution is 0.0527. The van der Waals surface area contributed by atoms with E-state index in [9.17, 15) is 9.18 Å². The van der Waals surface area contributed by atoms with Gasteiger partial charge in [-0.25, -0.2) is 9.07 Å². The number of rotatable bonds is 2. The van der Waals surface area contributed by atoms with Gasteiger partial charge < -0.3 is 10.6 Å². The number of para-hydroxylation sites is 1. The quantitative estimate of drug-likeness (QED) is 0.924. The zero-order valence-electron chi connectivity index (χ0n) is 13.4. The maximum absolute atomic E-state index is 13.8. The van der Waals surface area contributed by atoms with Crippen LogP contribution in [0, 0.1) is 11.2 Å². The molecule has 0 spiro atoms. The minimum atomic E-state index is -0.375. The summed E-state index contributed by atoms with van der Waals surface area (Å²) in [6.45, 7) is 5.35. The average Bonchev–Trinajstić information content (AvgIpc) is 2.99. The van der Waals surface area contributed by atoms with Crippen molar-refractivity contribution in [1.29, 1.82) is 0 Å². The van der Waals surface area contributed by atoms with Crippen LogP contribution >= 0.6 is 0 Å². The van der Waals surface area contributed by atoms with Gasteiger partial charge in [-0.15, -0.1) is 0 Å². The van der Waals surface area contributed by atoms with E-state index in [1.165, 1.54) is 10.7 Å². The number of hydrogen-bond donors (Lipinski definition) is 1. The summed E-state index contributed by atoms with van der Waals surface area (Å²) in [5, 5.41) is 4.24. The topological polar surface area (TPSA) is 64.2 Å². The third-order valence-electron chi connectivity index (χ3n) is 4.51. The summed E-state index contributed by atoms with van der Waals surface area (Å²) in [6.07, 6.45) is 2.37. The Morgan fingerprint density at radius 2 is 2.09 bits per heavy atom. The zero-order valence-corrected chi connectivity index (χ0v) is 13.4. The number of likely N-dealkylation sites (tertiary alicyclic amines) is 1. The van der Waals surface area contributed by atoms with Crippen LogP contribution in [0.1, 0.15) is 30.8 Å². The number of hydrogen-bond acceptors (Lipinski definition) is 3. The predicted octanol–water partition coefficient (Wildman–Crippen LogP) is 2.21. The van der Waals surface area contributed by atoms with E-state index in [0.29, 0.717) is 24.5 Å². The molecule has 122 valence electrons. The molecule has 1 unspecified atom stereocenters. The minimum absolute atomic E-state index is 0.0857. The molecule has 1 aromatic carbocycles. The number of aromatic nitrogens is 2. The van der Waals surface area contributed by atoms with Crippen LogP contribution in [0.2, 0.25) is 0 Å². The van der Waals surface area contributed by atoms with Gasteiger partial charge in [0.05, 0.1) is 0 Å². The predicted molar refractivity (Wildman–Crippen MR) is 85.8 cm³/mol. The third-order valence-corrected chi connectivity index (χ3v) is 4.51. The van der Waals surface area contributed by atoms with E-state index in [2.05, 4.69) is 18.9 Å². The summed E-state index contributed by atoms with van der Waals surface area (Å²) >= 11 is 0. The van der Waals surface area contributed by atoms with Gasteiger partial charge in [0.2, 0.25) is 0 Å². The molecule has 0 saturated carbocycles. The van der Waals surface area contributed by atoms with Crippen molar-refractivity contribution < 1.29 is 9.18 Å². The third kappa shape index (κ3) is 2.99. The lowest BCUT2D eigenvalue weighted by atomic mass is 9.79. The Hall–Kier alpha value is -2.21. The Morgan fingerprint density at radius 3 is 2.78 bits per heavy atom. The molecular formula is C17H21FN4O. The molecule has 0 radical (unpaired) electrons. The summed E-state index contributed by atoms with van der Waals surface area (Å²) in [7, 11) is 0. The Balaban J connectivity index is 1.81. The average molecular weight is 316 g/mol. The fourth-order valence-corrected chi connectivity index (χ4v) is 2.92. The molecule has 3 rings (SSSR count). The van der Waals surface area contributed by atoms with Crippen LogP contribution in [0.5, 0.6) is 0 Å². The molecule has 2 N–H and O–H groups in total. The van der Waals surface area contributed by atoms with Gasteiger partial charge in [-0.05, 0) is 30.0 Å². The molecule has 0 aliphatic carbocycles. The van der Waals surface area contributed by atoms with E-state index in [4.69, 9.17) is 5.73 Å². The highest BCUT2D eigenvalue weighted by molar-refractivity contribution is 5.92. The molecule has 1 amide bonds. The normalized spacial score (nSPS) is 20.5. The van der Waals surface area contributed by atoms with E-state index in [0.717, 1.165) is 6.42 Å². The molecule has 2 heterocycles. The van der Waals surface area contributed by atoms with Crippen LogP contribution in [0.15, 0.2) is 36.5 Å². The summed E-state index contributed by atoms with van der Waals surface area (Å²) in [5.41, 5.74) is 6.63. The lowest BCUT2D eigenvalue weighted by Gasteiger charge is -2.42. The zero-order chi connectivity index (χ0) is 16.6. The molecule has 1 fully saturated rings. The number of halogens is 1. The molecule has 6 heteroatoms. The molecule has 5 nitrogen and oxygen atoms in total. The second kappa shape index (κ2) is 5.77. The van der Waals surface area contributed by atoms with Crippen LogP contribution in [-0.4, -0.2) is 39.7 Å². The van der Waals surface area contributed by atoms with Crippen LogP contribution < -0.4 is 5.73 Å². The number of piperidine rings is 1. The summed E-state index contributed by atoms with van der Waals surface area (Å²) in [6, 6.07) is 8.05. The number of carbonyl (C=O) groups excluding carboxylic acids is 1. The van der Waals surface area contributed by atoms with E-state index >= 15 is 0 Å². The largest absolute Gasteiger partial charge is 0.337 e. The van der Waals surface area contributed by atoms with Crippen LogP contribution in [0.25, 0.3) is 5.69 Å². The first-order chi connectivity index (χ1) is 10.9. The molecule has 1 aromatic heterocycles. The number of nitrogens with zero attached hydrogens (tertiary/aromatic N) is 3. The molecule has 2 aromatic rings. The maximum Gasteiger partial charge on any atom is 0.274 e. The first-order valence-corrected chi connectivity index (χ1v) is 7.74. The molecule has 1 aliphatic rings. The van der Waals surface area contributed by atoms with Crippen molar-refractivity contribution in [2.45, 2.75) is 26.3 Å². The highest BCUT2D eigenvalue weighted by Gasteiger charge is 2.36. The Bertz CT molecular complexity index is 725. The number of carbonyl (C=O) groups is 1. The Morgan fingerprint density at radius 1 is 1.35 bits per heavy atom. The fourth-order valence-electron chi connectivity index (χ4n) is 2.92. The Labute approximate surface area is 134 Å². The van der Waals surface area contributed by atoms with Crippen molar-refractivity contribution in [3.05, 3.63) is 48.0 Å². The highest BCUT2D eigenvalue weighted by atomic mass is 19.1. The van der Waals surface area contributed by atoms with Gasteiger partial charge >= 0.3 is 0 Å². The van der Waals surface area contributed by atoms with Crippen LogP contribution in [0.4, 0.5) is 4.39 Å². The van der Waals surface area contributed by atoms with Crippen molar-refractivity contribution in [2.24, 2.45) is 11.1 Å². The van der Waals surface area contributed by atoms with Crippen molar-refractivity contribution in [1.82, 2.24) is 14.7 Å². The van der Waals surface area contributed by atoms with Gasteiger partial charge in [0.25, 0.3) is 5.91 Å². The number of amides is 1. The molecule has 1 atom stereocenters. The highest BCUT2D eigenvalue weighted by Crippen LogP contribution is 2.28. The summed E-state index contributed by atoms with van der Waals surface area (Å²) in [5.74, 6) is -0.514. The number of benzene rings is 1. The van der Waals surface area contributed by atoms with Gasteiger partial charge in [-0.1, -0.05) is 26.0 Å². The molecular weight excluding hydrogens is 295 g/mol. The molecule has 1 saturated heterocycles. The second-order valence-electron chi connectivity index (χ2n) is 6.71. The maximum atomic E-state index is 13.8. The van der Waals surface area contributed by atoms with E-state index in [1.807, 2.05) is 0 Å².